The van der Waals surface area contributed by atoms with Crippen molar-refractivity contribution in [2.24, 2.45) is 5.41 Å². The molecule has 1 aliphatic rings. The van der Waals surface area contributed by atoms with Gasteiger partial charge in [0.15, 0.2) is 0 Å². The van der Waals surface area contributed by atoms with Crippen molar-refractivity contribution in [3.05, 3.63) is 0 Å². The summed E-state index contributed by atoms with van der Waals surface area (Å²) < 4.78 is 4.93. The number of carboxylic acids is 1. The van der Waals surface area contributed by atoms with Gasteiger partial charge in [-0.2, -0.15) is 0 Å². The molecule has 0 aliphatic heterocycles. The molecule has 0 atom stereocenters. The van der Waals surface area contributed by atoms with Crippen LogP contribution in [0.1, 0.15) is 38.5 Å². The van der Waals surface area contributed by atoms with Crippen LogP contribution in [0.4, 0.5) is 4.79 Å². The first-order valence-electron chi connectivity index (χ1n) is 6.85. The van der Waals surface area contributed by atoms with Crippen LogP contribution in [-0.4, -0.2) is 43.9 Å². The van der Waals surface area contributed by atoms with E-state index in [9.17, 15) is 9.59 Å². The van der Waals surface area contributed by atoms with Crippen LogP contribution in [-0.2, 0) is 9.53 Å². The number of carbonyl (C=O) groups is 2. The summed E-state index contributed by atoms with van der Waals surface area (Å²) in [7, 11) is 1.67. The third-order valence-electron chi connectivity index (χ3n) is 3.66. The van der Waals surface area contributed by atoms with E-state index in [4.69, 9.17) is 9.84 Å². The SMILES string of the molecule is COCCCCCNC(=O)NCC1(C(=O)O)CCC1. The third kappa shape index (κ3) is 5.06. The molecule has 1 fully saturated rings. The number of carboxylic acid groups (broad SMARTS) is 1. The molecule has 6 nitrogen and oxygen atoms in total. The fourth-order valence-corrected chi connectivity index (χ4v) is 2.13. The van der Waals surface area contributed by atoms with Gasteiger partial charge in [-0.3, -0.25) is 4.79 Å². The highest BCUT2D eigenvalue weighted by atomic mass is 16.5. The number of aliphatic carboxylic acids is 1. The van der Waals surface area contributed by atoms with Crippen LogP contribution in [0, 0.1) is 5.41 Å². The lowest BCUT2D eigenvalue weighted by Crippen LogP contribution is -2.49. The highest BCUT2D eigenvalue weighted by Gasteiger charge is 2.44. The van der Waals surface area contributed by atoms with Gasteiger partial charge in [-0.25, -0.2) is 4.79 Å². The summed E-state index contributed by atoms with van der Waals surface area (Å²) in [6.45, 7) is 1.57. The number of ether oxygens (including phenoxy) is 1. The second-order valence-electron chi connectivity index (χ2n) is 5.10. The number of rotatable bonds is 9. The van der Waals surface area contributed by atoms with Crippen molar-refractivity contribution in [3.8, 4) is 0 Å². The minimum Gasteiger partial charge on any atom is -0.481 e. The Hall–Kier alpha value is -1.30. The summed E-state index contributed by atoms with van der Waals surface area (Å²) in [5.74, 6) is -0.807. The molecule has 0 aromatic rings. The van der Waals surface area contributed by atoms with E-state index in [0.717, 1.165) is 32.3 Å². The average Bonchev–Trinajstić information content (AvgIpc) is 2.31. The Morgan fingerprint density at radius 2 is 1.95 bits per heavy atom. The quantitative estimate of drug-likeness (QED) is 0.553. The first-order valence-corrected chi connectivity index (χ1v) is 6.85. The predicted molar refractivity (Wildman–Crippen MR) is 71.0 cm³/mol. The van der Waals surface area contributed by atoms with Crippen LogP contribution in [0.3, 0.4) is 0 Å². The van der Waals surface area contributed by atoms with Gasteiger partial charge in [0.05, 0.1) is 5.41 Å². The molecular formula is C13H24N2O4. The molecule has 0 radical (unpaired) electrons. The fourth-order valence-electron chi connectivity index (χ4n) is 2.13. The molecule has 6 heteroatoms. The molecule has 0 aromatic heterocycles. The minimum atomic E-state index is -0.807. The molecule has 1 saturated carbocycles. The van der Waals surface area contributed by atoms with E-state index < -0.39 is 11.4 Å². The second kappa shape index (κ2) is 7.99. The van der Waals surface area contributed by atoms with E-state index in [-0.39, 0.29) is 12.6 Å². The molecule has 110 valence electrons. The zero-order valence-electron chi connectivity index (χ0n) is 11.5. The van der Waals surface area contributed by atoms with Gasteiger partial charge in [0, 0.05) is 26.8 Å². The van der Waals surface area contributed by atoms with Crippen molar-refractivity contribution >= 4 is 12.0 Å². The molecule has 19 heavy (non-hydrogen) atoms. The highest BCUT2D eigenvalue weighted by molar-refractivity contribution is 5.78. The first-order chi connectivity index (χ1) is 9.10. The second-order valence-corrected chi connectivity index (χ2v) is 5.10. The number of urea groups is 1. The van der Waals surface area contributed by atoms with Gasteiger partial charge < -0.3 is 20.5 Å². The summed E-state index contributed by atoms with van der Waals surface area (Å²) in [4.78, 5) is 22.6. The number of nitrogens with one attached hydrogen (secondary N) is 2. The summed E-state index contributed by atoms with van der Waals surface area (Å²) >= 11 is 0. The van der Waals surface area contributed by atoms with Crippen molar-refractivity contribution in [2.75, 3.05) is 26.8 Å². The molecule has 0 aromatic carbocycles. The smallest absolute Gasteiger partial charge is 0.314 e. The van der Waals surface area contributed by atoms with Gasteiger partial charge >= 0.3 is 12.0 Å². The third-order valence-corrected chi connectivity index (χ3v) is 3.66. The number of amides is 2. The Labute approximate surface area is 113 Å². The molecule has 0 spiro atoms. The van der Waals surface area contributed by atoms with Gasteiger partial charge in [0.1, 0.15) is 0 Å². The maximum Gasteiger partial charge on any atom is 0.314 e. The Bertz CT molecular complexity index is 303. The van der Waals surface area contributed by atoms with Crippen molar-refractivity contribution < 1.29 is 19.4 Å². The molecule has 0 heterocycles. The van der Waals surface area contributed by atoms with E-state index in [2.05, 4.69) is 10.6 Å². The molecule has 0 bridgehead atoms. The largest absolute Gasteiger partial charge is 0.481 e. The zero-order chi connectivity index (χ0) is 14.1. The summed E-state index contributed by atoms with van der Waals surface area (Å²) in [6.07, 6.45) is 5.13. The fraction of sp³-hybridized carbons (Fsp3) is 0.846. The Morgan fingerprint density at radius 3 is 2.47 bits per heavy atom. The van der Waals surface area contributed by atoms with E-state index in [1.54, 1.807) is 7.11 Å². The number of hydrogen-bond acceptors (Lipinski definition) is 3. The van der Waals surface area contributed by atoms with Crippen molar-refractivity contribution in [1.29, 1.82) is 0 Å². The Morgan fingerprint density at radius 1 is 1.21 bits per heavy atom. The highest BCUT2D eigenvalue weighted by Crippen LogP contribution is 2.40. The first kappa shape index (κ1) is 15.8. The van der Waals surface area contributed by atoms with Gasteiger partial charge in [-0.15, -0.1) is 0 Å². The molecule has 1 aliphatic carbocycles. The summed E-state index contributed by atoms with van der Waals surface area (Å²) in [6, 6.07) is -0.278. The summed E-state index contributed by atoms with van der Waals surface area (Å²) in [5.41, 5.74) is -0.726. The van der Waals surface area contributed by atoms with Crippen LogP contribution in [0.25, 0.3) is 0 Å². The van der Waals surface area contributed by atoms with Crippen LogP contribution in [0.15, 0.2) is 0 Å². The van der Waals surface area contributed by atoms with Crippen molar-refractivity contribution in [1.82, 2.24) is 10.6 Å². The van der Waals surface area contributed by atoms with Gasteiger partial charge in [-0.05, 0) is 32.1 Å². The van der Waals surface area contributed by atoms with E-state index in [1.807, 2.05) is 0 Å². The standard InChI is InChI=1S/C13H24N2O4/c1-19-9-4-2-3-8-14-12(18)15-10-13(11(16)17)6-5-7-13/h2-10H2,1H3,(H,16,17)(H2,14,15,18). The van der Waals surface area contributed by atoms with Crippen LogP contribution < -0.4 is 10.6 Å². The molecule has 0 unspecified atom stereocenters. The van der Waals surface area contributed by atoms with Gasteiger partial charge in [0.25, 0.3) is 0 Å². The average molecular weight is 272 g/mol. The molecule has 2 amide bonds. The van der Waals surface area contributed by atoms with E-state index in [1.165, 1.54) is 0 Å². The molecule has 0 saturated heterocycles. The van der Waals surface area contributed by atoms with Crippen LogP contribution >= 0.6 is 0 Å². The normalized spacial score (nSPS) is 16.5. The number of hydrogen-bond donors (Lipinski definition) is 3. The maximum atomic E-state index is 11.5. The van der Waals surface area contributed by atoms with Gasteiger partial charge in [0.2, 0.25) is 0 Å². The van der Waals surface area contributed by atoms with Crippen LogP contribution in [0.5, 0.6) is 0 Å². The van der Waals surface area contributed by atoms with Crippen LogP contribution in [0.2, 0.25) is 0 Å². The maximum absolute atomic E-state index is 11.5. The van der Waals surface area contributed by atoms with E-state index in [0.29, 0.717) is 19.4 Å². The Balaban J connectivity index is 2.06. The van der Waals surface area contributed by atoms with Gasteiger partial charge in [-0.1, -0.05) is 6.42 Å². The Kier molecular flexibility index (Phi) is 6.62. The van der Waals surface area contributed by atoms with Crippen molar-refractivity contribution in [3.63, 3.8) is 0 Å². The number of methoxy groups -OCH3 is 1. The molecule has 1 rings (SSSR count). The zero-order valence-corrected chi connectivity index (χ0v) is 11.5. The topological polar surface area (TPSA) is 87.7 Å². The number of unbranched alkanes of at least 4 members (excludes halogenated alkanes) is 2. The molecular weight excluding hydrogens is 248 g/mol. The summed E-state index contributed by atoms with van der Waals surface area (Å²) in [5, 5.41) is 14.5. The predicted octanol–water partition coefficient (Wildman–Crippen LogP) is 1.36. The van der Waals surface area contributed by atoms with Crippen molar-refractivity contribution in [2.45, 2.75) is 38.5 Å². The minimum absolute atomic E-state index is 0.220. The van der Waals surface area contributed by atoms with E-state index >= 15 is 0 Å². The molecule has 3 N–H and O–H groups in total. The lowest BCUT2D eigenvalue weighted by Gasteiger charge is -2.37. The monoisotopic (exact) mass is 272 g/mol. The lowest BCUT2D eigenvalue weighted by atomic mass is 9.69. The number of carbonyl (C=O) groups excluding carboxylic acids is 1. The lowest BCUT2D eigenvalue weighted by molar-refractivity contribution is -0.153.